The molecule has 1 aliphatic rings. The lowest BCUT2D eigenvalue weighted by atomic mass is 10.0. The summed E-state index contributed by atoms with van der Waals surface area (Å²) in [5, 5.41) is 18.5. The smallest absolute Gasteiger partial charge is 0.336 e. The number of pyridine rings is 1. The summed E-state index contributed by atoms with van der Waals surface area (Å²) >= 11 is 0. The highest BCUT2D eigenvalue weighted by Gasteiger charge is 2.19. The van der Waals surface area contributed by atoms with Crippen molar-refractivity contribution in [3.05, 3.63) is 47.2 Å². The highest BCUT2D eigenvalue weighted by atomic mass is 16.4. The zero-order chi connectivity index (χ0) is 13.4. The van der Waals surface area contributed by atoms with Crippen molar-refractivity contribution in [2.45, 2.75) is 6.54 Å². The monoisotopic (exact) mass is 254 g/mol. The number of carboxylic acid groups (broad SMARTS) is 1. The third kappa shape index (κ3) is 1.95. The van der Waals surface area contributed by atoms with Crippen LogP contribution in [0.25, 0.3) is 11.3 Å². The van der Waals surface area contributed by atoms with Crippen LogP contribution >= 0.6 is 0 Å². The average Bonchev–Trinajstić information content (AvgIpc) is 2.86. The van der Waals surface area contributed by atoms with Crippen LogP contribution in [0.1, 0.15) is 21.6 Å². The molecule has 1 aromatic carbocycles. The lowest BCUT2D eigenvalue weighted by Crippen LogP contribution is -2.05. The van der Waals surface area contributed by atoms with E-state index in [9.17, 15) is 15.0 Å². The van der Waals surface area contributed by atoms with Crippen molar-refractivity contribution in [2.75, 3.05) is 0 Å². The third-order valence-electron chi connectivity index (χ3n) is 2.99. The molecule has 5 heteroatoms. The first-order valence-electron chi connectivity index (χ1n) is 5.71. The van der Waals surface area contributed by atoms with E-state index in [1.165, 1.54) is 6.07 Å². The van der Waals surface area contributed by atoms with Gasteiger partial charge in [-0.25, -0.2) is 4.79 Å². The molecule has 3 rings (SSSR count). The van der Waals surface area contributed by atoms with E-state index >= 15 is 0 Å². The van der Waals surface area contributed by atoms with E-state index in [1.807, 2.05) is 0 Å². The van der Waals surface area contributed by atoms with Crippen molar-refractivity contribution in [3.63, 3.8) is 0 Å². The predicted octanol–water partition coefficient (Wildman–Crippen LogP) is 2.08. The van der Waals surface area contributed by atoms with Crippen molar-refractivity contribution < 1.29 is 15.0 Å². The SMILES string of the molecule is O=C(O)c1cc(-c2ccc(O)cc2)nc2c1C=NC2. The van der Waals surface area contributed by atoms with Crippen LogP contribution in [-0.4, -0.2) is 27.4 Å². The van der Waals surface area contributed by atoms with Gasteiger partial charge < -0.3 is 10.2 Å². The molecule has 19 heavy (non-hydrogen) atoms. The fourth-order valence-electron chi connectivity index (χ4n) is 2.05. The number of benzene rings is 1. The summed E-state index contributed by atoms with van der Waals surface area (Å²) in [6, 6.07) is 8.02. The molecule has 0 radical (unpaired) electrons. The molecule has 0 unspecified atom stereocenters. The van der Waals surface area contributed by atoms with Crippen LogP contribution in [-0.2, 0) is 6.54 Å². The molecule has 0 amide bonds. The van der Waals surface area contributed by atoms with Crippen molar-refractivity contribution in [3.8, 4) is 17.0 Å². The minimum atomic E-state index is -0.993. The maximum Gasteiger partial charge on any atom is 0.336 e. The molecule has 0 fully saturated rings. The average molecular weight is 254 g/mol. The normalized spacial score (nSPS) is 12.4. The van der Waals surface area contributed by atoms with Gasteiger partial charge in [-0.1, -0.05) is 0 Å². The Morgan fingerprint density at radius 3 is 2.63 bits per heavy atom. The number of fused-ring (bicyclic) bond motifs is 1. The maximum atomic E-state index is 11.3. The quantitative estimate of drug-likeness (QED) is 0.859. The van der Waals surface area contributed by atoms with Gasteiger partial charge in [0.15, 0.2) is 0 Å². The summed E-state index contributed by atoms with van der Waals surface area (Å²) in [4.78, 5) is 19.7. The first-order chi connectivity index (χ1) is 9.15. The first-order valence-corrected chi connectivity index (χ1v) is 5.71. The van der Waals surface area contributed by atoms with Gasteiger partial charge in [-0.05, 0) is 30.3 Å². The summed E-state index contributed by atoms with van der Waals surface area (Å²) in [7, 11) is 0. The Morgan fingerprint density at radius 1 is 1.21 bits per heavy atom. The third-order valence-corrected chi connectivity index (χ3v) is 2.99. The van der Waals surface area contributed by atoms with E-state index < -0.39 is 5.97 Å². The van der Waals surface area contributed by atoms with E-state index in [1.54, 1.807) is 30.5 Å². The van der Waals surface area contributed by atoms with Crippen molar-refractivity contribution in [1.82, 2.24) is 4.98 Å². The Bertz CT molecular complexity index is 691. The molecule has 0 atom stereocenters. The van der Waals surface area contributed by atoms with Gasteiger partial charge in [0, 0.05) is 17.3 Å². The molecule has 0 saturated heterocycles. The zero-order valence-electron chi connectivity index (χ0n) is 9.87. The number of hydrogen-bond donors (Lipinski definition) is 2. The minimum Gasteiger partial charge on any atom is -0.508 e. The van der Waals surface area contributed by atoms with Crippen LogP contribution in [0.2, 0.25) is 0 Å². The molecule has 2 N–H and O–H groups in total. The Hall–Kier alpha value is -2.69. The Labute approximate surface area is 108 Å². The summed E-state index contributed by atoms with van der Waals surface area (Å²) < 4.78 is 0. The fraction of sp³-hybridized carbons (Fsp3) is 0.0714. The van der Waals surface area contributed by atoms with Gasteiger partial charge in [0.25, 0.3) is 0 Å². The molecule has 2 heterocycles. The Kier molecular flexibility index (Phi) is 2.52. The molecular weight excluding hydrogens is 244 g/mol. The molecule has 5 nitrogen and oxygen atoms in total. The molecule has 94 valence electrons. The number of phenolic OH excluding ortho intramolecular Hbond substituents is 1. The largest absolute Gasteiger partial charge is 0.508 e. The molecule has 1 aromatic heterocycles. The summed E-state index contributed by atoms with van der Waals surface area (Å²) in [5.41, 5.74) is 2.78. The van der Waals surface area contributed by atoms with Crippen LogP contribution in [0.15, 0.2) is 35.3 Å². The van der Waals surface area contributed by atoms with Gasteiger partial charge in [0.2, 0.25) is 0 Å². The number of phenols is 1. The number of aromatic carboxylic acids is 1. The van der Waals surface area contributed by atoms with Gasteiger partial charge in [-0.15, -0.1) is 0 Å². The number of rotatable bonds is 2. The van der Waals surface area contributed by atoms with Crippen molar-refractivity contribution in [2.24, 2.45) is 4.99 Å². The van der Waals surface area contributed by atoms with E-state index in [4.69, 9.17) is 0 Å². The lowest BCUT2D eigenvalue weighted by molar-refractivity contribution is 0.0696. The fourth-order valence-corrected chi connectivity index (χ4v) is 2.05. The van der Waals surface area contributed by atoms with Crippen LogP contribution < -0.4 is 0 Å². The lowest BCUT2D eigenvalue weighted by Gasteiger charge is -2.07. The second-order valence-electron chi connectivity index (χ2n) is 4.24. The van der Waals surface area contributed by atoms with Gasteiger partial charge >= 0.3 is 5.97 Å². The number of aromatic hydroxyl groups is 1. The van der Waals surface area contributed by atoms with Crippen LogP contribution in [0, 0.1) is 0 Å². The number of hydrogen-bond acceptors (Lipinski definition) is 4. The van der Waals surface area contributed by atoms with Crippen LogP contribution in [0.5, 0.6) is 5.75 Å². The number of carboxylic acids is 1. The molecule has 1 aliphatic heterocycles. The van der Waals surface area contributed by atoms with E-state index in [-0.39, 0.29) is 11.3 Å². The summed E-state index contributed by atoms with van der Waals surface area (Å²) in [6.45, 7) is 0.404. The number of carbonyl (C=O) groups is 1. The van der Waals surface area contributed by atoms with E-state index in [0.717, 1.165) is 5.56 Å². The minimum absolute atomic E-state index is 0.159. The van der Waals surface area contributed by atoms with Gasteiger partial charge in [-0.3, -0.25) is 9.98 Å². The van der Waals surface area contributed by atoms with Crippen molar-refractivity contribution >= 4 is 12.2 Å². The second kappa shape index (κ2) is 4.20. The van der Waals surface area contributed by atoms with Crippen molar-refractivity contribution in [1.29, 1.82) is 0 Å². The van der Waals surface area contributed by atoms with Crippen LogP contribution in [0.3, 0.4) is 0 Å². The molecular formula is C14H10N2O3. The van der Waals surface area contributed by atoms with E-state index in [2.05, 4.69) is 9.98 Å². The number of aromatic nitrogens is 1. The number of nitrogens with zero attached hydrogens (tertiary/aromatic N) is 2. The van der Waals surface area contributed by atoms with E-state index in [0.29, 0.717) is 23.5 Å². The molecule has 0 spiro atoms. The molecule has 0 aliphatic carbocycles. The first kappa shape index (κ1) is 11.4. The van der Waals surface area contributed by atoms with Gasteiger partial charge in [0.1, 0.15) is 5.75 Å². The molecule has 2 aromatic rings. The molecule has 0 bridgehead atoms. The van der Waals surface area contributed by atoms with Crippen LogP contribution in [0.4, 0.5) is 0 Å². The van der Waals surface area contributed by atoms with Gasteiger partial charge in [0.05, 0.1) is 23.5 Å². The summed E-state index contributed by atoms with van der Waals surface area (Å²) in [5.74, 6) is -0.835. The highest BCUT2D eigenvalue weighted by molar-refractivity contribution is 6.01. The summed E-state index contributed by atoms with van der Waals surface area (Å²) in [6.07, 6.45) is 1.55. The Balaban J connectivity index is 2.16. The number of aliphatic imine (C=N–C) groups is 1. The molecule has 0 saturated carbocycles. The standard InChI is InChI=1S/C14H10N2O3/c17-9-3-1-8(2-4-9)12-5-10(14(18)19)11-6-15-7-13(11)16-12/h1-6,17H,7H2,(H,18,19). The highest BCUT2D eigenvalue weighted by Crippen LogP contribution is 2.26. The second-order valence-corrected chi connectivity index (χ2v) is 4.24. The maximum absolute atomic E-state index is 11.3. The Morgan fingerprint density at radius 2 is 1.95 bits per heavy atom. The topological polar surface area (TPSA) is 82.8 Å². The predicted molar refractivity (Wildman–Crippen MR) is 69.6 cm³/mol. The zero-order valence-corrected chi connectivity index (χ0v) is 9.87. The van der Waals surface area contributed by atoms with Gasteiger partial charge in [-0.2, -0.15) is 0 Å².